The Labute approximate surface area is 274 Å². The average Bonchev–Trinajstić information content (AvgIpc) is 3.61. The summed E-state index contributed by atoms with van der Waals surface area (Å²) in [6, 6.07) is -0.354. The SMILES string of the molecule is CC1=C(CCC(=O)O)/C(=C/c2[nH]c(/C=C3\NC(=O)[C@H](C)[C@H]3CCS)c(C)c2CCC(=O)O)NC1C[C@H]1NC(=O)C(/C=C/S)=C1C. The van der Waals surface area contributed by atoms with Gasteiger partial charge >= 0.3 is 11.9 Å². The molecule has 0 spiro atoms. The van der Waals surface area contributed by atoms with Crippen molar-refractivity contribution in [1.29, 1.82) is 0 Å². The summed E-state index contributed by atoms with van der Waals surface area (Å²) >= 11 is 8.50. The maximum atomic E-state index is 12.5. The fraction of sp³-hybridized carbons (Fsp3) is 0.455. The van der Waals surface area contributed by atoms with Crippen LogP contribution < -0.4 is 16.0 Å². The highest BCUT2D eigenvalue weighted by Gasteiger charge is 2.36. The van der Waals surface area contributed by atoms with Crippen molar-refractivity contribution in [2.45, 2.75) is 78.3 Å². The highest BCUT2D eigenvalue weighted by molar-refractivity contribution is 7.83. The minimum Gasteiger partial charge on any atom is -0.481 e. The van der Waals surface area contributed by atoms with E-state index >= 15 is 0 Å². The zero-order chi connectivity index (χ0) is 33.0. The first-order chi connectivity index (χ1) is 21.4. The van der Waals surface area contributed by atoms with Crippen LogP contribution in [-0.2, 0) is 25.6 Å². The molecule has 3 aliphatic rings. The Bertz CT molecular complexity index is 1550. The van der Waals surface area contributed by atoms with E-state index in [9.17, 15) is 29.4 Å². The Morgan fingerprint density at radius 2 is 1.60 bits per heavy atom. The first-order valence-corrected chi connectivity index (χ1v) is 16.3. The molecule has 1 unspecified atom stereocenters. The van der Waals surface area contributed by atoms with Gasteiger partial charge in [-0.15, -0.1) is 0 Å². The molecule has 12 heteroatoms. The lowest BCUT2D eigenvalue weighted by Gasteiger charge is -2.20. The first-order valence-electron chi connectivity index (χ1n) is 15.1. The van der Waals surface area contributed by atoms with Gasteiger partial charge in [-0.05, 0) is 104 Å². The van der Waals surface area contributed by atoms with Crippen molar-refractivity contribution in [3.8, 4) is 0 Å². The normalized spacial score (nSPS) is 25.2. The van der Waals surface area contributed by atoms with Crippen molar-refractivity contribution in [3.63, 3.8) is 0 Å². The maximum Gasteiger partial charge on any atom is 0.303 e. The molecular weight excluding hydrogens is 613 g/mol. The summed E-state index contributed by atoms with van der Waals surface area (Å²) in [7, 11) is 0. The third-order valence-corrected chi connectivity index (χ3v) is 9.61. The second-order valence-corrected chi connectivity index (χ2v) is 12.7. The topological polar surface area (TPSA) is 161 Å². The molecule has 1 fully saturated rings. The Balaban J connectivity index is 1.73. The number of thiol groups is 2. The Kier molecular flexibility index (Phi) is 11.1. The fourth-order valence-electron chi connectivity index (χ4n) is 6.49. The lowest BCUT2D eigenvalue weighted by molar-refractivity contribution is -0.138. The smallest absolute Gasteiger partial charge is 0.303 e. The number of amides is 2. The standard InChI is InChI=1S/C33H42N4O6S2/c1-16-20(5-7-30(38)39)27(34-24(16)13-26-18(3)23(10-12-45)33(43)36-26)15-28-21(6-8-31(40)41)17(2)25(35-28)14-29-22(9-11-44)19(4)32(42)37-29/h10,12,14-15,19,22,24,26,34-35,44-45H,5-9,11,13H2,1-4H3,(H,36,43)(H,37,42)(H,38,39)(H,40,41)/b12-10+,27-15-,29-14-/t19-,22-,24?,26-/m1/s1. The maximum absolute atomic E-state index is 12.5. The molecule has 242 valence electrons. The number of carboxylic acid groups (broad SMARTS) is 2. The molecule has 2 amide bonds. The minimum atomic E-state index is -0.911. The molecule has 0 aliphatic carbocycles. The molecular formula is C33H42N4O6S2. The van der Waals surface area contributed by atoms with Crippen molar-refractivity contribution in [3.05, 3.63) is 67.7 Å². The van der Waals surface area contributed by atoms with Gasteiger partial charge < -0.3 is 31.1 Å². The van der Waals surface area contributed by atoms with Crippen LogP contribution in [0, 0.1) is 18.8 Å². The molecule has 0 saturated carbocycles. The first kappa shape index (κ1) is 34.2. The number of aromatic nitrogens is 1. The van der Waals surface area contributed by atoms with E-state index in [4.69, 9.17) is 0 Å². The molecule has 0 aromatic carbocycles. The van der Waals surface area contributed by atoms with Gasteiger partial charge in [-0.3, -0.25) is 19.2 Å². The van der Waals surface area contributed by atoms with Gasteiger partial charge in [-0.1, -0.05) is 6.92 Å². The molecule has 1 aromatic rings. The predicted molar refractivity (Wildman–Crippen MR) is 181 cm³/mol. The molecule has 4 rings (SSSR count). The van der Waals surface area contributed by atoms with Gasteiger partial charge in [0, 0.05) is 59.1 Å². The van der Waals surface area contributed by atoms with Crippen LogP contribution in [-0.4, -0.2) is 56.8 Å². The summed E-state index contributed by atoms with van der Waals surface area (Å²) in [5.74, 6) is -1.54. The minimum absolute atomic E-state index is 0.00443. The van der Waals surface area contributed by atoms with Crippen LogP contribution in [0.2, 0.25) is 0 Å². The number of nitrogens with one attached hydrogen (secondary N) is 4. The number of hydrogen-bond acceptors (Lipinski definition) is 7. The number of hydrogen-bond donors (Lipinski definition) is 8. The highest BCUT2D eigenvalue weighted by atomic mass is 32.1. The van der Waals surface area contributed by atoms with Gasteiger partial charge in [0.1, 0.15) is 0 Å². The lowest BCUT2D eigenvalue weighted by atomic mass is 9.91. The van der Waals surface area contributed by atoms with Gasteiger partial charge in [-0.25, -0.2) is 0 Å². The number of allylic oxidation sites excluding steroid dienone is 2. The molecule has 0 bridgehead atoms. The summed E-state index contributed by atoms with van der Waals surface area (Å²) in [5, 5.41) is 30.1. The van der Waals surface area contributed by atoms with Crippen molar-refractivity contribution in [2.24, 2.45) is 11.8 Å². The molecule has 4 atom stereocenters. The fourth-order valence-corrected chi connectivity index (χ4v) is 6.91. The van der Waals surface area contributed by atoms with Crippen LogP contribution in [0.4, 0.5) is 0 Å². The summed E-state index contributed by atoms with van der Waals surface area (Å²) in [4.78, 5) is 51.6. The van der Waals surface area contributed by atoms with Crippen molar-refractivity contribution in [2.75, 3.05) is 5.75 Å². The van der Waals surface area contributed by atoms with Crippen molar-refractivity contribution < 1.29 is 29.4 Å². The quantitative estimate of drug-likeness (QED) is 0.145. The third kappa shape index (κ3) is 7.61. The van der Waals surface area contributed by atoms with Gasteiger partial charge in [0.05, 0.1) is 6.04 Å². The lowest BCUT2D eigenvalue weighted by Crippen LogP contribution is -2.36. The van der Waals surface area contributed by atoms with Crippen molar-refractivity contribution >= 4 is 61.2 Å². The van der Waals surface area contributed by atoms with Crippen LogP contribution in [0.3, 0.4) is 0 Å². The van der Waals surface area contributed by atoms with Crippen LogP contribution in [0.25, 0.3) is 12.2 Å². The van der Waals surface area contributed by atoms with E-state index < -0.39 is 11.9 Å². The van der Waals surface area contributed by atoms with Gasteiger partial charge in [0.15, 0.2) is 0 Å². The molecule has 3 aliphatic heterocycles. The van der Waals surface area contributed by atoms with E-state index in [0.717, 1.165) is 57.0 Å². The van der Waals surface area contributed by atoms with Crippen molar-refractivity contribution in [1.82, 2.24) is 20.9 Å². The number of aliphatic carboxylic acids is 2. The van der Waals surface area contributed by atoms with Crippen LogP contribution in [0.5, 0.6) is 0 Å². The zero-order valence-corrected chi connectivity index (χ0v) is 27.8. The third-order valence-electron chi connectivity index (χ3n) is 9.21. The second kappa shape index (κ2) is 14.6. The van der Waals surface area contributed by atoms with E-state index in [-0.39, 0.29) is 48.6 Å². The van der Waals surface area contributed by atoms with Gasteiger partial charge in [0.2, 0.25) is 5.91 Å². The highest BCUT2D eigenvalue weighted by Crippen LogP contribution is 2.36. The summed E-state index contributed by atoms with van der Waals surface area (Å²) < 4.78 is 0. The molecule has 1 saturated heterocycles. The Morgan fingerprint density at radius 1 is 0.933 bits per heavy atom. The van der Waals surface area contributed by atoms with Crippen LogP contribution in [0.1, 0.15) is 75.4 Å². The van der Waals surface area contributed by atoms with Crippen LogP contribution in [0.15, 0.2) is 45.2 Å². The number of aromatic amines is 1. The van der Waals surface area contributed by atoms with E-state index in [0.29, 0.717) is 30.6 Å². The molecule has 4 heterocycles. The Morgan fingerprint density at radius 3 is 2.24 bits per heavy atom. The summed E-state index contributed by atoms with van der Waals surface area (Å²) in [5.41, 5.74) is 8.17. The van der Waals surface area contributed by atoms with E-state index in [1.807, 2.05) is 39.8 Å². The molecule has 1 aromatic heterocycles. The van der Waals surface area contributed by atoms with E-state index in [2.05, 4.69) is 46.2 Å². The Hall–Kier alpha value is -3.64. The summed E-state index contributed by atoms with van der Waals surface area (Å²) in [6.07, 6.45) is 7.34. The molecule has 45 heavy (non-hydrogen) atoms. The largest absolute Gasteiger partial charge is 0.481 e. The number of carbonyl (C=O) groups excluding carboxylic acids is 2. The average molecular weight is 655 g/mol. The predicted octanol–water partition coefficient (Wildman–Crippen LogP) is 4.53. The second-order valence-electron chi connectivity index (χ2n) is 11.9. The zero-order valence-electron chi connectivity index (χ0n) is 26.0. The number of carbonyl (C=O) groups is 4. The van der Waals surface area contributed by atoms with Crippen LogP contribution >= 0.6 is 25.3 Å². The molecule has 0 radical (unpaired) electrons. The summed E-state index contributed by atoms with van der Waals surface area (Å²) in [6.45, 7) is 7.74. The number of H-pyrrole nitrogens is 1. The van der Waals surface area contributed by atoms with E-state index in [1.54, 1.807) is 6.08 Å². The van der Waals surface area contributed by atoms with Gasteiger partial charge in [0.25, 0.3) is 5.91 Å². The number of rotatable bonds is 13. The molecule has 10 nitrogen and oxygen atoms in total. The van der Waals surface area contributed by atoms with E-state index in [1.165, 1.54) is 5.41 Å². The van der Waals surface area contributed by atoms with Gasteiger partial charge in [-0.2, -0.15) is 25.3 Å². The number of carboxylic acids is 2. The monoisotopic (exact) mass is 654 g/mol. The molecule has 6 N–H and O–H groups in total.